The Morgan fingerprint density at radius 2 is 1.96 bits per heavy atom. The molecule has 25 heavy (non-hydrogen) atoms. The van der Waals surface area contributed by atoms with E-state index in [-0.39, 0.29) is 18.9 Å². The molecule has 0 saturated heterocycles. The van der Waals surface area contributed by atoms with Gasteiger partial charge >= 0.3 is 12.1 Å². The van der Waals surface area contributed by atoms with E-state index in [1.165, 1.54) is 6.20 Å². The number of carbonyl (C=O) groups excluding carboxylic acids is 3. The van der Waals surface area contributed by atoms with Crippen LogP contribution in [0.15, 0.2) is 18.3 Å². The third-order valence-electron chi connectivity index (χ3n) is 2.85. The molecule has 0 spiro atoms. The highest BCUT2D eigenvalue weighted by Crippen LogP contribution is 2.14. The fourth-order valence-corrected chi connectivity index (χ4v) is 1.87. The molecule has 138 valence electrons. The van der Waals surface area contributed by atoms with Gasteiger partial charge < -0.3 is 20.1 Å². The normalized spacial score (nSPS) is 10.7. The maximum atomic E-state index is 12.0. The van der Waals surface area contributed by atoms with E-state index in [2.05, 4.69) is 15.6 Å². The van der Waals surface area contributed by atoms with Crippen LogP contribution in [0.3, 0.4) is 0 Å². The Balaban J connectivity index is 2.54. The molecular weight excluding hydrogens is 326 g/mol. The minimum Gasteiger partial charge on any atom is -0.466 e. The van der Waals surface area contributed by atoms with Gasteiger partial charge in [0.2, 0.25) is 5.91 Å². The van der Waals surface area contributed by atoms with Crippen LogP contribution in [-0.4, -0.2) is 41.7 Å². The van der Waals surface area contributed by atoms with Crippen LogP contribution in [0.4, 0.5) is 10.6 Å². The van der Waals surface area contributed by atoms with Crippen molar-refractivity contribution >= 4 is 23.8 Å². The van der Waals surface area contributed by atoms with Gasteiger partial charge in [0, 0.05) is 12.6 Å². The van der Waals surface area contributed by atoms with Crippen molar-refractivity contribution in [2.75, 3.05) is 18.5 Å². The number of nitrogens with zero attached hydrogens (tertiary/aromatic N) is 1. The van der Waals surface area contributed by atoms with Gasteiger partial charge in [0.05, 0.1) is 6.61 Å². The van der Waals surface area contributed by atoms with Crippen LogP contribution in [0.2, 0.25) is 0 Å². The molecule has 1 rings (SSSR count). The largest absolute Gasteiger partial charge is 0.466 e. The summed E-state index contributed by atoms with van der Waals surface area (Å²) >= 11 is 0. The number of hydrogen-bond acceptors (Lipinski definition) is 6. The van der Waals surface area contributed by atoms with E-state index >= 15 is 0 Å². The summed E-state index contributed by atoms with van der Waals surface area (Å²) in [5.74, 6) is -0.403. The van der Waals surface area contributed by atoms with Gasteiger partial charge in [-0.2, -0.15) is 0 Å². The molecule has 0 aliphatic carbocycles. The van der Waals surface area contributed by atoms with E-state index in [0.717, 1.165) is 0 Å². The summed E-state index contributed by atoms with van der Waals surface area (Å²) in [7, 11) is 0. The molecular formula is C17H25N3O5. The summed E-state index contributed by atoms with van der Waals surface area (Å²) in [6, 6.07) is 3.48. The second-order valence-corrected chi connectivity index (χ2v) is 6.22. The smallest absolute Gasteiger partial charge is 0.408 e. The van der Waals surface area contributed by atoms with Crippen LogP contribution < -0.4 is 10.6 Å². The van der Waals surface area contributed by atoms with Crippen molar-refractivity contribution in [2.45, 2.75) is 46.1 Å². The third-order valence-corrected chi connectivity index (χ3v) is 2.85. The van der Waals surface area contributed by atoms with E-state index in [1.807, 2.05) is 0 Å². The zero-order chi connectivity index (χ0) is 18.9. The minimum atomic E-state index is -0.675. The number of nitrogens with one attached hydrogen (secondary N) is 2. The van der Waals surface area contributed by atoms with Crippen molar-refractivity contribution in [3.63, 3.8) is 0 Å². The average molecular weight is 351 g/mol. The van der Waals surface area contributed by atoms with Crippen LogP contribution in [-0.2, 0) is 25.5 Å². The lowest BCUT2D eigenvalue weighted by Gasteiger charge is -2.19. The molecule has 0 bridgehead atoms. The zero-order valence-electron chi connectivity index (χ0n) is 15.0. The summed E-state index contributed by atoms with van der Waals surface area (Å²) in [4.78, 5) is 39.1. The average Bonchev–Trinajstić information content (AvgIpc) is 2.51. The molecule has 0 aromatic carbocycles. The topological polar surface area (TPSA) is 107 Å². The number of anilines is 1. The number of carbonyl (C=O) groups is 3. The first kappa shape index (κ1) is 20.4. The first-order valence-corrected chi connectivity index (χ1v) is 8.07. The Bertz CT molecular complexity index is 611. The highest BCUT2D eigenvalue weighted by Gasteiger charge is 2.17. The molecule has 8 nitrogen and oxygen atoms in total. The molecule has 0 saturated carbocycles. The molecule has 0 radical (unpaired) electrons. The first-order chi connectivity index (χ1) is 11.7. The van der Waals surface area contributed by atoms with Gasteiger partial charge in [-0.3, -0.25) is 9.59 Å². The second kappa shape index (κ2) is 9.61. The van der Waals surface area contributed by atoms with Crippen LogP contribution in [0.1, 0.15) is 39.7 Å². The molecule has 0 aliphatic rings. The fourth-order valence-electron chi connectivity index (χ4n) is 1.87. The molecule has 0 aliphatic heterocycles. The van der Waals surface area contributed by atoms with Gasteiger partial charge in [-0.05, 0) is 45.7 Å². The Labute approximate surface area is 147 Å². The quantitative estimate of drug-likeness (QED) is 0.728. The van der Waals surface area contributed by atoms with Crippen molar-refractivity contribution in [3.05, 3.63) is 23.9 Å². The van der Waals surface area contributed by atoms with Crippen LogP contribution in [0.5, 0.6) is 0 Å². The van der Waals surface area contributed by atoms with E-state index < -0.39 is 17.6 Å². The van der Waals surface area contributed by atoms with Gasteiger partial charge in [0.15, 0.2) is 0 Å². The standard InChI is InChI=1S/C17H25N3O5/c1-5-24-14(22)9-8-12-7-6-10-18-15(12)20-13(21)11-19-16(23)25-17(2,3)4/h6-7,10H,5,8-9,11H2,1-4H3,(H,19,23)(H,18,20,21). The Morgan fingerprint density at radius 1 is 1.24 bits per heavy atom. The van der Waals surface area contributed by atoms with Gasteiger partial charge in [-0.1, -0.05) is 6.07 Å². The molecule has 1 heterocycles. The predicted molar refractivity (Wildman–Crippen MR) is 92.1 cm³/mol. The zero-order valence-corrected chi connectivity index (χ0v) is 15.0. The number of esters is 1. The Morgan fingerprint density at radius 3 is 2.60 bits per heavy atom. The number of alkyl carbamates (subject to hydrolysis) is 1. The van der Waals surface area contributed by atoms with Crippen molar-refractivity contribution < 1.29 is 23.9 Å². The summed E-state index contributed by atoms with van der Waals surface area (Å²) in [6.07, 6.45) is 1.44. The lowest BCUT2D eigenvalue weighted by atomic mass is 10.1. The molecule has 1 aromatic heterocycles. The van der Waals surface area contributed by atoms with Gasteiger partial charge in [0.25, 0.3) is 0 Å². The van der Waals surface area contributed by atoms with Crippen molar-refractivity contribution in [1.29, 1.82) is 0 Å². The van der Waals surface area contributed by atoms with Crippen LogP contribution in [0, 0.1) is 0 Å². The van der Waals surface area contributed by atoms with E-state index in [9.17, 15) is 14.4 Å². The third kappa shape index (κ3) is 8.69. The molecule has 2 N–H and O–H groups in total. The number of pyridine rings is 1. The predicted octanol–water partition coefficient (Wildman–Crippen LogP) is 2.04. The van der Waals surface area contributed by atoms with Crippen molar-refractivity contribution in [2.24, 2.45) is 0 Å². The number of aromatic nitrogens is 1. The Kier molecular flexibility index (Phi) is 7.84. The highest BCUT2D eigenvalue weighted by molar-refractivity contribution is 5.93. The van der Waals surface area contributed by atoms with Crippen LogP contribution in [0.25, 0.3) is 0 Å². The first-order valence-electron chi connectivity index (χ1n) is 8.07. The van der Waals surface area contributed by atoms with Crippen molar-refractivity contribution in [1.82, 2.24) is 10.3 Å². The number of aryl methyl sites for hydroxylation is 1. The summed E-state index contributed by atoms with van der Waals surface area (Å²) < 4.78 is 9.93. The Hall–Kier alpha value is -2.64. The van der Waals surface area contributed by atoms with E-state index in [0.29, 0.717) is 24.4 Å². The monoisotopic (exact) mass is 351 g/mol. The second-order valence-electron chi connectivity index (χ2n) is 6.22. The SMILES string of the molecule is CCOC(=O)CCc1cccnc1NC(=O)CNC(=O)OC(C)(C)C. The molecule has 0 atom stereocenters. The van der Waals surface area contributed by atoms with Crippen molar-refractivity contribution in [3.8, 4) is 0 Å². The van der Waals surface area contributed by atoms with Gasteiger partial charge in [-0.15, -0.1) is 0 Å². The molecule has 0 unspecified atom stereocenters. The summed E-state index contributed by atoms with van der Waals surface area (Å²) in [5, 5.41) is 4.98. The number of ether oxygens (including phenoxy) is 2. The lowest BCUT2D eigenvalue weighted by molar-refractivity contribution is -0.143. The maximum absolute atomic E-state index is 12.0. The fraction of sp³-hybridized carbons (Fsp3) is 0.529. The number of amides is 2. The maximum Gasteiger partial charge on any atom is 0.408 e. The lowest BCUT2D eigenvalue weighted by Crippen LogP contribution is -2.37. The molecule has 2 amide bonds. The minimum absolute atomic E-state index is 0.193. The number of hydrogen-bond donors (Lipinski definition) is 2. The van der Waals surface area contributed by atoms with Crippen LogP contribution >= 0.6 is 0 Å². The molecule has 8 heteroatoms. The summed E-state index contributed by atoms with van der Waals surface area (Å²) in [6.45, 7) is 7.02. The van der Waals surface area contributed by atoms with E-state index in [4.69, 9.17) is 9.47 Å². The van der Waals surface area contributed by atoms with Gasteiger partial charge in [-0.25, -0.2) is 9.78 Å². The van der Waals surface area contributed by atoms with E-state index in [1.54, 1.807) is 39.8 Å². The summed E-state index contributed by atoms with van der Waals surface area (Å²) in [5.41, 5.74) is 0.0723. The molecule has 0 fully saturated rings. The highest BCUT2D eigenvalue weighted by atomic mass is 16.6. The van der Waals surface area contributed by atoms with Gasteiger partial charge in [0.1, 0.15) is 18.0 Å². The molecule has 1 aromatic rings. The number of rotatable bonds is 7.